The van der Waals surface area contributed by atoms with Gasteiger partial charge in [-0.2, -0.15) is 0 Å². The molecule has 4 heteroatoms. The molecule has 0 aliphatic carbocycles. The van der Waals surface area contributed by atoms with Crippen molar-refractivity contribution >= 4 is 16.5 Å². The Bertz CT molecular complexity index is 223. The van der Waals surface area contributed by atoms with Crippen LogP contribution in [0.25, 0.3) is 4.65 Å². The summed E-state index contributed by atoms with van der Waals surface area (Å²) in [4.78, 5) is 0. The Kier molecular flexibility index (Phi) is 12.2. The summed E-state index contributed by atoms with van der Waals surface area (Å²) in [7, 11) is -3.04. The van der Waals surface area contributed by atoms with Crippen molar-refractivity contribution in [3.05, 3.63) is 4.65 Å². The van der Waals surface area contributed by atoms with Gasteiger partial charge in [-0.3, -0.25) is 0 Å². The molecule has 0 rings (SSSR count). The topological polar surface area (TPSA) is 14.1 Å². The van der Waals surface area contributed by atoms with Gasteiger partial charge in [0.05, 0.1) is 0 Å². The Morgan fingerprint density at radius 2 is 0.800 bits per heavy atom. The van der Waals surface area contributed by atoms with E-state index in [2.05, 4.69) is 69.2 Å². The first kappa shape index (κ1) is 24.3. The molecule has 0 aromatic heterocycles. The molecule has 20 heavy (non-hydrogen) atoms. The van der Waals surface area contributed by atoms with Crippen LogP contribution in [0, 0.1) is 0 Å². The summed E-state index contributed by atoms with van der Waals surface area (Å²) in [6, 6.07) is 2.63. The van der Waals surface area contributed by atoms with E-state index in [-0.39, 0.29) is 51.4 Å². The average molecular weight is 340 g/mol. The zero-order valence-corrected chi connectivity index (χ0v) is 21.3. The van der Waals surface area contributed by atoms with Crippen LogP contribution < -0.4 is 51.4 Å². The standard InChI is InChI=1S/C16H38NSi2.K/c1-11-18(13(3)4,14(5)6)17-19(12-2,15(7)8)16(9)10;/h13-16H,11-12H2,1-10H3;/q-1;+1. The van der Waals surface area contributed by atoms with Gasteiger partial charge in [0.25, 0.3) is 0 Å². The molecular formula is C16H38KNSi2. The van der Waals surface area contributed by atoms with Gasteiger partial charge in [0, 0.05) is 0 Å². The Morgan fingerprint density at radius 3 is 0.900 bits per heavy atom. The molecule has 0 fully saturated rings. The summed E-state index contributed by atoms with van der Waals surface area (Å²) in [5.74, 6) is 0. The molecule has 0 saturated carbocycles. The van der Waals surface area contributed by atoms with Crippen molar-refractivity contribution in [2.75, 3.05) is 0 Å². The Hall–Kier alpha value is 2.03. The quantitative estimate of drug-likeness (QED) is 0.595. The first-order valence-corrected chi connectivity index (χ1v) is 13.0. The van der Waals surface area contributed by atoms with Gasteiger partial charge in [-0.1, -0.05) is 120 Å². The molecule has 0 spiro atoms. The SMILES string of the molecule is CC[Si]([N-][Si](CC)(C(C)C)C(C)C)(C(C)C)C(C)C.[K+]. The van der Waals surface area contributed by atoms with Gasteiger partial charge < -0.3 is 4.65 Å². The van der Waals surface area contributed by atoms with Crippen LogP contribution in [0.3, 0.4) is 0 Å². The molecule has 0 aromatic carbocycles. The maximum Gasteiger partial charge on any atom is 1.00 e. The fraction of sp³-hybridized carbons (Fsp3) is 1.00. The van der Waals surface area contributed by atoms with Crippen LogP contribution in [0.15, 0.2) is 0 Å². The van der Waals surface area contributed by atoms with Crippen LogP contribution in [0.5, 0.6) is 0 Å². The van der Waals surface area contributed by atoms with Crippen LogP contribution in [0.2, 0.25) is 34.3 Å². The minimum absolute atomic E-state index is 0. The maximum atomic E-state index is 5.85. The molecule has 116 valence electrons. The van der Waals surface area contributed by atoms with Gasteiger partial charge in [0.2, 0.25) is 0 Å². The molecule has 0 heterocycles. The maximum absolute atomic E-state index is 5.85. The van der Waals surface area contributed by atoms with Gasteiger partial charge >= 0.3 is 51.4 Å². The third-order valence-electron chi connectivity index (χ3n) is 5.55. The van der Waals surface area contributed by atoms with E-state index >= 15 is 0 Å². The zero-order chi connectivity index (χ0) is 15.4. The van der Waals surface area contributed by atoms with E-state index < -0.39 is 16.5 Å². The fourth-order valence-electron chi connectivity index (χ4n) is 4.03. The van der Waals surface area contributed by atoms with Crippen LogP contribution in [0.4, 0.5) is 0 Å². The molecular weight excluding hydrogens is 301 g/mol. The normalized spacial score (nSPS) is 13.5. The third kappa shape index (κ3) is 5.02. The average Bonchev–Trinajstić information content (AvgIpc) is 2.29. The minimum atomic E-state index is -1.52. The molecule has 0 saturated heterocycles. The summed E-state index contributed by atoms with van der Waals surface area (Å²) in [5.41, 5.74) is 3.09. The summed E-state index contributed by atoms with van der Waals surface area (Å²) in [6.07, 6.45) is 0. The zero-order valence-electron chi connectivity index (χ0n) is 16.2. The van der Waals surface area contributed by atoms with Crippen molar-refractivity contribution in [3.63, 3.8) is 0 Å². The predicted molar refractivity (Wildman–Crippen MR) is 96.2 cm³/mol. The van der Waals surface area contributed by atoms with E-state index in [0.717, 1.165) is 22.2 Å². The number of rotatable bonds is 8. The first-order chi connectivity index (χ1) is 8.60. The second-order valence-electron chi connectivity index (χ2n) is 7.42. The Morgan fingerprint density at radius 1 is 0.600 bits per heavy atom. The molecule has 1 nitrogen and oxygen atoms in total. The minimum Gasteiger partial charge on any atom is -0.665 e. The molecule has 0 aliphatic rings. The van der Waals surface area contributed by atoms with E-state index in [0.29, 0.717) is 0 Å². The van der Waals surface area contributed by atoms with Crippen molar-refractivity contribution < 1.29 is 51.4 Å². The Balaban J connectivity index is 0. The second kappa shape index (κ2) is 10.0. The van der Waals surface area contributed by atoms with Crippen LogP contribution >= 0.6 is 0 Å². The summed E-state index contributed by atoms with van der Waals surface area (Å²) < 4.78 is 5.85. The van der Waals surface area contributed by atoms with Gasteiger partial charge in [-0.05, 0) is 0 Å². The molecule has 0 unspecified atom stereocenters. The molecule has 0 aliphatic heterocycles. The summed E-state index contributed by atoms with van der Waals surface area (Å²) >= 11 is 0. The van der Waals surface area contributed by atoms with Crippen LogP contribution in [0.1, 0.15) is 69.2 Å². The van der Waals surface area contributed by atoms with Gasteiger partial charge in [-0.25, -0.2) is 0 Å². The van der Waals surface area contributed by atoms with Crippen molar-refractivity contribution in [3.8, 4) is 0 Å². The van der Waals surface area contributed by atoms with Gasteiger partial charge in [0.15, 0.2) is 0 Å². The van der Waals surface area contributed by atoms with Crippen LogP contribution in [-0.2, 0) is 0 Å². The molecule has 0 atom stereocenters. The fourth-order valence-corrected chi connectivity index (χ4v) is 18.5. The summed E-state index contributed by atoms with van der Waals surface area (Å²) in [6.45, 7) is 24.2. The van der Waals surface area contributed by atoms with Crippen molar-refractivity contribution in [2.24, 2.45) is 0 Å². The Labute approximate surface area is 174 Å². The van der Waals surface area contributed by atoms with E-state index in [1.54, 1.807) is 0 Å². The second-order valence-corrected chi connectivity index (χ2v) is 18.3. The summed E-state index contributed by atoms with van der Waals surface area (Å²) in [5, 5.41) is 0. The number of nitrogens with zero attached hydrogens (tertiary/aromatic N) is 1. The first-order valence-electron chi connectivity index (χ1n) is 8.34. The van der Waals surface area contributed by atoms with E-state index in [4.69, 9.17) is 4.65 Å². The van der Waals surface area contributed by atoms with E-state index in [9.17, 15) is 0 Å². The molecule has 0 aromatic rings. The smallest absolute Gasteiger partial charge is 0.665 e. The van der Waals surface area contributed by atoms with Gasteiger partial charge in [0.1, 0.15) is 0 Å². The number of hydrogen-bond acceptors (Lipinski definition) is 0. The largest absolute Gasteiger partial charge is 1.00 e. The molecule has 0 radical (unpaired) electrons. The van der Waals surface area contributed by atoms with Crippen LogP contribution in [-0.4, -0.2) is 16.5 Å². The molecule has 0 N–H and O–H groups in total. The predicted octanol–water partition coefficient (Wildman–Crippen LogP) is 3.93. The van der Waals surface area contributed by atoms with E-state index in [1.165, 1.54) is 12.1 Å². The monoisotopic (exact) mass is 339 g/mol. The van der Waals surface area contributed by atoms with Crippen molar-refractivity contribution in [1.82, 2.24) is 0 Å². The molecule has 0 bridgehead atoms. The number of hydrogen-bond donors (Lipinski definition) is 0. The third-order valence-corrected chi connectivity index (χ3v) is 19.1. The van der Waals surface area contributed by atoms with Crippen molar-refractivity contribution in [2.45, 2.75) is 103 Å². The van der Waals surface area contributed by atoms with E-state index in [1.807, 2.05) is 0 Å². The van der Waals surface area contributed by atoms with Gasteiger partial charge in [-0.15, -0.1) is 0 Å². The van der Waals surface area contributed by atoms with Crippen molar-refractivity contribution in [1.29, 1.82) is 0 Å². The molecule has 0 amide bonds.